The molecule has 0 radical (unpaired) electrons. The van der Waals surface area contributed by atoms with Crippen LogP contribution >= 0.6 is 0 Å². The van der Waals surface area contributed by atoms with Crippen LogP contribution in [0.4, 0.5) is 0 Å². The van der Waals surface area contributed by atoms with Gasteiger partial charge in [-0.2, -0.15) is 0 Å². The first-order valence-corrected chi connectivity index (χ1v) is 2.72. The van der Waals surface area contributed by atoms with Crippen molar-refractivity contribution in [2.75, 3.05) is 19.7 Å². The fourth-order valence-corrected chi connectivity index (χ4v) is 0.697. The first-order chi connectivity index (χ1) is 3.39. The molecule has 1 fully saturated rings. The topological polar surface area (TPSA) is 21.3 Å². The van der Waals surface area contributed by atoms with E-state index in [1.807, 2.05) is 0 Å². The minimum atomic E-state index is 0.425. The van der Waals surface area contributed by atoms with Gasteiger partial charge in [0, 0.05) is 0 Å². The third kappa shape index (κ3) is 1.83. The van der Waals surface area contributed by atoms with Gasteiger partial charge in [0.15, 0.2) is 0 Å². The van der Waals surface area contributed by atoms with Crippen LogP contribution < -0.4 is 5.32 Å². The van der Waals surface area contributed by atoms with Crippen molar-refractivity contribution in [3.8, 4) is 0 Å². The first kappa shape index (κ1) is 5.65. The zero-order valence-corrected chi connectivity index (χ0v) is 4.61. The first-order valence-electron chi connectivity index (χ1n) is 2.72. The molecule has 1 saturated heterocycles. The molecule has 0 bridgehead atoms. The number of morpholine rings is 1. The third-order valence-electron chi connectivity index (χ3n) is 1.11. The monoisotopic (exact) mass is 93.1 g/mol. The van der Waals surface area contributed by atoms with E-state index in [9.17, 15) is 0 Å². The van der Waals surface area contributed by atoms with Crippen molar-refractivity contribution in [3.05, 3.63) is 0 Å². The van der Waals surface area contributed by atoms with Gasteiger partial charge in [-0.3, -0.25) is 0 Å². The molecule has 1 unspecified atom stereocenters. The number of nitrogens with one attached hydrogen (secondary N) is 1. The molecule has 1 N–H and O–H groups in total. The van der Waals surface area contributed by atoms with E-state index < -0.39 is 0 Å². The third-order valence-corrected chi connectivity index (χ3v) is 1.11. The zero-order chi connectivity index (χ0) is 5.11. The van der Waals surface area contributed by atoms with E-state index in [-0.39, 0.29) is 0 Å². The van der Waals surface area contributed by atoms with Crippen LogP contribution in [0.3, 0.4) is 0 Å². The van der Waals surface area contributed by atoms with Gasteiger partial charge >= 0.3 is 52.2 Å². The average molecular weight is 93.1 g/mol. The molecule has 1 atom stereocenters. The molecule has 0 aliphatic carbocycles. The summed E-state index contributed by atoms with van der Waals surface area (Å²) in [7, 11) is 0. The van der Waals surface area contributed by atoms with Crippen LogP contribution in [0.25, 0.3) is 0 Å². The Bertz CT molecular complexity index is 53.7. The SMILES string of the molecule is [Li][CH]1CNCCO1. The summed E-state index contributed by atoms with van der Waals surface area (Å²) in [5, 5.41) is 3.21. The Morgan fingerprint density at radius 2 is 2.57 bits per heavy atom. The number of hydrogen-bond acceptors (Lipinski definition) is 2. The van der Waals surface area contributed by atoms with Gasteiger partial charge in [0.2, 0.25) is 0 Å². The van der Waals surface area contributed by atoms with Crippen LogP contribution in [-0.4, -0.2) is 42.2 Å². The van der Waals surface area contributed by atoms with Gasteiger partial charge in [0.25, 0.3) is 0 Å². The van der Waals surface area contributed by atoms with Crippen molar-refractivity contribution in [1.29, 1.82) is 0 Å². The molecule has 36 valence electrons. The molecule has 0 aromatic carbocycles. The quantitative estimate of drug-likeness (QED) is 0.392. The second kappa shape index (κ2) is 2.73. The van der Waals surface area contributed by atoms with E-state index >= 15 is 0 Å². The van der Waals surface area contributed by atoms with E-state index in [1.165, 1.54) is 0 Å². The Morgan fingerprint density at radius 3 is 2.86 bits per heavy atom. The fraction of sp³-hybridized carbons (Fsp3) is 1.00. The second-order valence-electron chi connectivity index (χ2n) is 1.89. The van der Waals surface area contributed by atoms with Gasteiger partial charge in [-0.1, -0.05) is 0 Å². The van der Waals surface area contributed by atoms with Crippen LogP contribution in [0.2, 0.25) is 0 Å². The Hall–Kier alpha value is 0.517. The predicted octanol–water partition coefficient (Wildman–Crippen LogP) is -0.899. The molecule has 0 amide bonds. The molecule has 0 spiro atoms. The average Bonchev–Trinajstić information content (AvgIpc) is 1.69. The molecule has 1 rings (SSSR count). The van der Waals surface area contributed by atoms with Gasteiger partial charge in [0.05, 0.1) is 0 Å². The van der Waals surface area contributed by atoms with Gasteiger partial charge in [0.1, 0.15) is 0 Å². The normalized spacial score (nSPS) is 33.1. The summed E-state index contributed by atoms with van der Waals surface area (Å²) in [5.74, 6) is 0. The predicted molar refractivity (Wildman–Crippen MR) is 28.4 cm³/mol. The van der Waals surface area contributed by atoms with E-state index in [4.69, 9.17) is 4.74 Å². The number of hydrogen-bond donors (Lipinski definition) is 1. The summed E-state index contributed by atoms with van der Waals surface area (Å²) in [4.78, 5) is 0. The summed E-state index contributed by atoms with van der Waals surface area (Å²) in [5.41, 5.74) is 0. The van der Waals surface area contributed by atoms with Crippen molar-refractivity contribution >= 4 is 17.7 Å². The fourth-order valence-electron chi connectivity index (χ4n) is 0.697. The van der Waals surface area contributed by atoms with Gasteiger partial charge in [-0.15, -0.1) is 0 Å². The summed E-state index contributed by atoms with van der Waals surface area (Å²) in [6, 6.07) is 0. The van der Waals surface area contributed by atoms with Crippen molar-refractivity contribution in [2.45, 2.75) is 4.78 Å². The van der Waals surface area contributed by atoms with Crippen molar-refractivity contribution in [1.82, 2.24) is 5.32 Å². The summed E-state index contributed by atoms with van der Waals surface area (Å²) in [6.45, 7) is 2.91. The standard InChI is InChI=1S/C4H8NO.Li/c1-3-6-4-2-5-1;/h3,5H,1-2,4H2;. The Balaban J connectivity index is 2.12. The minimum absolute atomic E-state index is 0.425. The Morgan fingerprint density at radius 1 is 1.71 bits per heavy atom. The molecule has 0 aromatic rings. The van der Waals surface area contributed by atoms with E-state index in [0.717, 1.165) is 19.7 Å². The molecule has 0 saturated carbocycles. The summed E-state index contributed by atoms with van der Waals surface area (Å²) < 4.78 is 5.64. The van der Waals surface area contributed by atoms with Crippen LogP contribution in [0, 0.1) is 0 Å². The molecule has 1 aliphatic rings. The molecule has 7 heavy (non-hydrogen) atoms. The van der Waals surface area contributed by atoms with Crippen molar-refractivity contribution in [3.63, 3.8) is 0 Å². The molecule has 0 aromatic heterocycles. The van der Waals surface area contributed by atoms with Gasteiger partial charge in [-0.05, 0) is 0 Å². The van der Waals surface area contributed by atoms with Crippen molar-refractivity contribution < 1.29 is 4.74 Å². The maximum absolute atomic E-state index is 5.22. The molecule has 2 nitrogen and oxygen atoms in total. The van der Waals surface area contributed by atoms with E-state index in [1.54, 1.807) is 0 Å². The Kier molecular flexibility index (Phi) is 2.21. The Labute approximate surface area is 52.8 Å². The van der Waals surface area contributed by atoms with Crippen LogP contribution in [-0.2, 0) is 4.74 Å². The van der Waals surface area contributed by atoms with Crippen LogP contribution in [0.5, 0.6) is 0 Å². The van der Waals surface area contributed by atoms with Gasteiger partial charge < -0.3 is 0 Å². The van der Waals surface area contributed by atoms with E-state index in [0.29, 0.717) is 4.78 Å². The summed E-state index contributed by atoms with van der Waals surface area (Å²) >= 11 is 2.08. The van der Waals surface area contributed by atoms with Crippen LogP contribution in [0.1, 0.15) is 0 Å². The second-order valence-corrected chi connectivity index (χ2v) is 1.89. The molecular weight excluding hydrogens is 85.0 g/mol. The molecule has 1 heterocycles. The maximum atomic E-state index is 5.22. The van der Waals surface area contributed by atoms with Crippen molar-refractivity contribution in [2.24, 2.45) is 0 Å². The van der Waals surface area contributed by atoms with Crippen LogP contribution in [0.15, 0.2) is 0 Å². The summed E-state index contributed by atoms with van der Waals surface area (Å²) in [6.07, 6.45) is 0. The zero-order valence-electron chi connectivity index (χ0n) is 4.61. The number of rotatable bonds is 0. The number of ether oxygens (including phenoxy) is 1. The van der Waals surface area contributed by atoms with E-state index in [2.05, 4.69) is 23.0 Å². The van der Waals surface area contributed by atoms with Gasteiger partial charge in [-0.25, -0.2) is 0 Å². The molecule has 1 aliphatic heterocycles. The molecule has 3 heteroatoms. The molecular formula is C4H8LiNO.